The molecule has 5 aromatic rings. The van der Waals surface area contributed by atoms with Crippen molar-refractivity contribution in [2.45, 2.75) is 13.2 Å². The van der Waals surface area contributed by atoms with Gasteiger partial charge < -0.3 is 16.2 Å². The quantitative estimate of drug-likeness (QED) is 0.425. The number of fused-ring (bicyclic) bond motifs is 2. The van der Waals surface area contributed by atoms with Crippen molar-refractivity contribution in [3.8, 4) is 11.4 Å². The summed E-state index contributed by atoms with van der Waals surface area (Å²) in [5.74, 6) is -0.333. The Bertz CT molecular complexity index is 1460. The number of ether oxygens (including phenoxy) is 1. The molecule has 9 nitrogen and oxygen atoms in total. The second kappa shape index (κ2) is 7.65. The number of rotatable bonds is 6. The van der Waals surface area contributed by atoms with Crippen molar-refractivity contribution < 1.29 is 13.9 Å². The standard InChI is InChI=1S/C22H18FN7O2/c23-16-2-3-17-13(6-16)9-20(22(25)28-17)32-12-15-8-18-14(10-27-30(18)11-21(24)31)7-19(15)29-5-1-4-26-29/h1-10H,11-12H2,(H2,24,31)(H2,25,28). The molecule has 0 bridgehead atoms. The molecule has 5 rings (SSSR count). The van der Waals surface area contributed by atoms with E-state index >= 15 is 0 Å². The van der Waals surface area contributed by atoms with Gasteiger partial charge in [0.15, 0.2) is 11.6 Å². The SMILES string of the molecule is NC(=O)Cn1ncc2cc(-n3cccn3)c(COc3cc4cc(F)ccc4nc3N)cc21. The van der Waals surface area contributed by atoms with E-state index in [1.165, 1.54) is 16.8 Å². The fraction of sp³-hybridized carbons (Fsp3) is 0.0909. The molecule has 0 spiro atoms. The average molecular weight is 431 g/mol. The number of hydrogen-bond donors (Lipinski definition) is 2. The maximum absolute atomic E-state index is 13.6. The summed E-state index contributed by atoms with van der Waals surface area (Å²) < 4.78 is 22.8. The molecule has 1 amide bonds. The van der Waals surface area contributed by atoms with Crippen LogP contribution in [0.2, 0.25) is 0 Å². The number of nitrogens with zero attached hydrogens (tertiary/aromatic N) is 5. The molecular weight excluding hydrogens is 413 g/mol. The Morgan fingerprint density at radius 2 is 2.00 bits per heavy atom. The lowest BCUT2D eigenvalue weighted by Crippen LogP contribution is -2.19. The van der Waals surface area contributed by atoms with Crippen molar-refractivity contribution >= 4 is 33.5 Å². The molecule has 0 saturated carbocycles. The zero-order valence-electron chi connectivity index (χ0n) is 16.8. The van der Waals surface area contributed by atoms with Crippen LogP contribution in [0.3, 0.4) is 0 Å². The lowest BCUT2D eigenvalue weighted by molar-refractivity contribution is -0.118. The van der Waals surface area contributed by atoms with Crippen LogP contribution in [-0.4, -0.2) is 30.5 Å². The van der Waals surface area contributed by atoms with Crippen LogP contribution in [0.25, 0.3) is 27.5 Å². The Labute approximate surface area is 181 Å². The number of amides is 1. The molecule has 0 fully saturated rings. The highest BCUT2D eigenvalue weighted by Crippen LogP contribution is 2.28. The highest BCUT2D eigenvalue weighted by molar-refractivity contribution is 5.85. The Hall–Kier alpha value is -4.47. The van der Waals surface area contributed by atoms with Gasteiger partial charge in [0.05, 0.1) is 22.9 Å². The van der Waals surface area contributed by atoms with Crippen LogP contribution >= 0.6 is 0 Å². The van der Waals surface area contributed by atoms with E-state index in [1.807, 2.05) is 24.4 Å². The minimum absolute atomic E-state index is 0.0436. The monoisotopic (exact) mass is 431 g/mol. The van der Waals surface area contributed by atoms with Gasteiger partial charge in [-0.3, -0.25) is 9.48 Å². The van der Waals surface area contributed by atoms with Gasteiger partial charge in [0, 0.05) is 28.7 Å². The van der Waals surface area contributed by atoms with Crippen LogP contribution in [0, 0.1) is 5.82 Å². The Morgan fingerprint density at radius 1 is 1.12 bits per heavy atom. The summed E-state index contributed by atoms with van der Waals surface area (Å²) in [5.41, 5.74) is 14.3. The number of pyridine rings is 1. The summed E-state index contributed by atoms with van der Waals surface area (Å²) in [4.78, 5) is 15.7. The van der Waals surface area contributed by atoms with Crippen LogP contribution in [0.5, 0.6) is 5.75 Å². The Morgan fingerprint density at radius 3 is 2.78 bits per heavy atom. The van der Waals surface area contributed by atoms with Gasteiger partial charge in [-0.2, -0.15) is 10.2 Å². The first-order chi connectivity index (χ1) is 15.5. The largest absolute Gasteiger partial charge is 0.485 e. The minimum Gasteiger partial charge on any atom is -0.485 e. The highest BCUT2D eigenvalue weighted by atomic mass is 19.1. The number of hydrogen-bond acceptors (Lipinski definition) is 6. The number of aromatic nitrogens is 5. The normalized spacial score (nSPS) is 11.3. The summed E-state index contributed by atoms with van der Waals surface area (Å²) in [5, 5.41) is 9.97. The zero-order valence-corrected chi connectivity index (χ0v) is 16.8. The number of anilines is 1. The van der Waals surface area contributed by atoms with E-state index in [0.29, 0.717) is 16.7 Å². The van der Waals surface area contributed by atoms with Gasteiger partial charge in [-0.15, -0.1) is 0 Å². The van der Waals surface area contributed by atoms with E-state index in [4.69, 9.17) is 16.2 Å². The van der Waals surface area contributed by atoms with Crippen LogP contribution in [-0.2, 0) is 17.9 Å². The van der Waals surface area contributed by atoms with Crippen LogP contribution in [0.1, 0.15) is 5.56 Å². The lowest BCUT2D eigenvalue weighted by Gasteiger charge is -2.14. The minimum atomic E-state index is -0.494. The lowest BCUT2D eigenvalue weighted by atomic mass is 10.1. The van der Waals surface area contributed by atoms with Crippen LogP contribution in [0.15, 0.2) is 61.1 Å². The zero-order chi connectivity index (χ0) is 22.2. The molecule has 2 aromatic carbocycles. The smallest absolute Gasteiger partial charge is 0.239 e. The number of nitrogen functional groups attached to an aromatic ring is 1. The molecule has 0 aliphatic carbocycles. The van der Waals surface area contributed by atoms with E-state index in [2.05, 4.69) is 15.2 Å². The van der Waals surface area contributed by atoms with E-state index < -0.39 is 5.91 Å². The topological polar surface area (TPSA) is 127 Å². The van der Waals surface area contributed by atoms with Gasteiger partial charge >= 0.3 is 0 Å². The third kappa shape index (κ3) is 3.58. The fourth-order valence-corrected chi connectivity index (χ4v) is 3.59. The number of benzene rings is 2. The van der Waals surface area contributed by atoms with Gasteiger partial charge in [0.2, 0.25) is 5.91 Å². The molecule has 0 radical (unpaired) electrons. The highest BCUT2D eigenvalue weighted by Gasteiger charge is 2.14. The summed E-state index contributed by atoms with van der Waals surface area (Å²) in [6, 6.07) is 11.5. The van der Waals surface area contributed by atoms with Gasteiger partial charge in [-0.1, -0.05) is 0 Å². The molecule has 32 heavy (non-hydrogen) atoms. The molecular formula is C22H18FN7O2. The van der Waals surface area contributed by atoms with Crippen LogP contribution in [0.4, 0.5) is 10.2 Å². The van der Waals surface area contributed by atoms with E-state index in [0.717, 1.165) is 22.2 Å². The predicted molar refractivity (Wildman–Crippen MR) is 116 cm³/mol. The molecule has 0 atom stereocenters. The first-order valence-electron chi connectivity index (χ1n) is 9.73. The van der Waals surface area contributed by atoms with Gasteiger partial charge in [0.25, 0.3) is 0 Å². The van der Waals surface area contributed by atoms with Crippen molar-refractivity contribution in [2.75, 3.05) is 5.73 Å². The van der Waals surface area contributed by atoms with E-state index in [1.54, 1.807) is 29.2 Å². The predicted octanol–water partition coefficient (Wildman–Crippen LogP) is 2.56. The number of nitrogens with two attached hydrogens (primary N) is 2. The fourth-order valence-electron chi connectivity index (χ4n) is 3.59. The molecule has 0 aliphatic heterocycles. The van der Waals surface area contributed by atoms with Crippen molar-refractivity contribution in [3.05, 3.63) is 72.4 Å². The Kier molecular flexibility index (Phi) is 4.66. The van der Waals surface area contributed by atoms with Gasteiger partial charge in [0.1, 0.15) is 19.0 Å². The van der Waals surface area contributed by atoms with E-state index in [-0.39, 0.29) is 24.8 Å². The number of primary amides is 1. The van der Waals surface area contributed by atoms with Crippen molar-refractivity contribution in [3.63, 3.8) is 0 Å². The van der Waals surface area contributed by atoms with Crippen LogP contribution < -0.4 is 16.2 Å². The first-order valence-corrected chi connectivity index (χ1v) is 9.73. The second-order valence-corrected chi connectivity index (χ2v) is 7.26. The maximum Gasteiger partial charge on any atom is 0.239 e. The van der Waals surface area contributed by atoms with Gasteiger partial charge in [-0.05, 0) is 42.5 Å². The maximum atomic E-state index is 13.6. The molecule has 0 unspecified atom stereocenters. The van der Waals surface area contributed by atoms with Crippen molar-refractivity contribution in [1.82, 2.24) is 24.5 Å². The van der Waals surface area contributed by atoms with E-state index in [9.17, 15) is 9.18 Å². The second-order valence-electron chi connectivity index (χ2n) is 7.26. The molecule has 0 aliphatic rings. The summed E-state index contributed by atoms with van der Waals surface area (Å²) in [6.45, 7) is 0.0810. The third-order valence-corrected chi connectivity index (χ3v) is 5.05. The summed E-state index contributed by atoms with van der Waals surface area (Å²) >= 11 is 0. The molecule has 160 valence electrons. The number of halogens is 1. The molecule has 0 saturated heterocycles. The van der Waals surface area contributed by atoms with Crippen molar-refractivity contribution in [1.29, 1.82) is 0 Å². The average Bonchev–Trinajstić information content (AvgIpc) is 3.42. The van der Waals surface area contributed by atoms with Gasteiger partial charge in [-0.25, -0.2) is 14.1 Å². The third-order valence-electron chi connectivity index (χ3n) is 5.05. The first kappa shape index (κ1) is 19.5. The summed E-state index contributed by atoms with van der Waals surface area (Å²) in [7, 11) is 0. The summed E-state index contributed by atoms with van der Waals surface area (Å²) in [6.07, 6.45) is 5.15. The molecule has 3 aromatic heterocycles. The number of carbonyl (C=O) groups excluding carboxylic acids is 1. The van der Waals surface area contributed by atoms with Crippen molar-refractivity contribution in [2.24, 2.45) is 5.73 Å². The molecule has 3 heterocycles. The number of carbonyl (C=O) groups is 1. The molecule has 4 N–H and O–H groups in total. The Balaban J connectivity index is 1.55. The molecule has 10 heteroatoms.